The molecule has 9 heteroatoms. The van der Waals surface area contributed by atoms with Gasteiger partial charge in [0.15, 0.2) is 0 Å². The molecule has 2 N–H and O–H groups in total. The van der Waals surface area contributed by atoms with E-state index in [-0.39, 0.29) is 15.5 Å². The Kier molecular flexibility index (Phi) is 5.81. The summed E-state index contributed by atoms with van der Waals surface area (Å²) in [4.78, 5) is 0.0874. The standard InChI is InChI=1S/C20H20N2O5S2/c1-15-5-3-4-6-20(15)22-29(25,26)18-11-7-16(8-12-18)21-28(23,24)19-13-9-17(27-2)10-14-19/h3-14,21-22H,1-2H3. The van der Waals surface area contributed by atoms with Crippen molar-refractivity contribution in [3.05, 3.63) is 78.4 Å². The van der Waals surface area contributed by atoms with E-state index < -0.39 is 20.0 Å². The molecule has 0 aliphatic heterocycles. The van der Waals surface area contributed by atoms with Crippen LogP contribution in [-0.2, 0) is 20.0 Å². The summed E-state index contributed by atoms with van der Waals surface area (Å²) in [6.45, 7) is 1.80. The van der Waals surface area contributed by atoms with Gasteiger partial charge in [-0.15, -0.1) is 0 Å². The Hall–Kier alpha value is -3.04. The molecule has 3 rings (SSSR count). The number of sulfonamides is 2. The predicted octanol–water partition coefficient (Wildman–Crippen LogP) is 3.61. The van der Waals surface area contributed by atoms with Crippen molar-refractivity contribution in [1.82, 2.24) is 0 Å². The number of hydrogen-bond donors (Lipinski definition) is 2. The van der Waals surface area contributed by atoms with Crippen LogP contribution in [0.25, 0.3) is 0 Å². The van der Waals surface area contributed by atoms with Crippen LogP contribution in [-0.4, -0.2) is 23.9 Å². The molecule has 0 aromatic heterocycles. The molecule has 3 aromatic rings. The van der Waals surface area contributed by atoms with Crippen molar-refractivity contribution in [2.45, 2.75) is 16.7 Å². The highest BCUT2D eigenvalue weighted by molar-refractivity contribution is 7.93. The summed E-state index contributed by atoms with van der Waals surface area (Å²) >= 11 is 0. The summed E-state index contributed by atoms with van der Waals surface area (Å²) in [5, 5.41) is 0. The van der Waals surface area contributed by atoms with Crippen molar-refractivity contribution in [2.75, 3.05) is 16.6 Å². The Balaban J connectivity index is 1.78. The van der Waals surface area contributed by atoms with Crippen molar-refractivity contribution in [3.8, 4) is 5.75 Å². The van der Waals surface area contributed by atoms with Crippen LogP contribution >= 0.6 is 0 Å². The van der Waals surface area contributed by atoms with Gasteiger partial charge in [-0.3, -0.25) is 9.44 Å². The summed E-state index contributed by atoms with van der Waals surface area (Å²) in [6.07, 6.45) is 0. The molecule has 152 valence electrons. The number of hydrogen-bond acceptors (Lipinski definition) is 5. The highest BCUT2D eigenvalue weighted by atomic mass is 32.2. The molecule has 0 unspecified atom stereocenters. The van der Waals surface area contributed by atoms with Gasteiger partial charge in [0.25, 0.3) is 20.0 Å². The molecule has 0 aliphatic carbocycles. The van der Waals surface area contributed by atoms with Crippen molar-refractivity contribution in [3.63, 3.8) is 0 Å². The first-order valence-corrected chi connectivity index (χ1v) is 11.5. The zero-order valence-electron chi connectivity index (χ0n) is 15.8. The van der Waals surface area contributed by atoms with Crippen molar-refractivity contribution in [2.24, 2.45) is 0 Å². The first-order valence-electron chi connectivity index (χ1n) is 8.57. The molecular weight excluding hydrogens is 412 g/mol. The van der Waals surface area contributed by atoms with E-state index in [1.54, 1.807) is 37.3 Å². The Morgan fingerprint density at radius 2 is 1.21 bits per heavy atom. The van der Waals surface area contributed by atoms with Crippen LogP contribution in [0, 0.1) is 6.92 Å². The fraction of sp³-hybridized carbons (Fsp3) is 0.100. The van der Waals surface area contributed by atoms with Gasteiger partial charge in [0.05, 0.1) is 22.6 Å². The maximum Gasteiger partial charge on any atom is 0.261 e. The van der Waals surface area contributed by atoms with Crippen LogP contribution in [0.4, 0.5) is 11.4 Å². The van der Waals surface area contributed by atoms with Crippen LogP contribution in [0.15, 0.2) is 82.6 Å². The van der Waals surface area contributed by atoms with Crippen molar-refractivity contribution >= 4 is 31.4 Å². The van der Waals surface area contributed by atoms with Crippen LogP contribution in [0.1, 0.15) is 5.56 Å². The van der Waals surface area contributed by atoms with Crippen LogP contribution in [0.3, 0.4) is 0 Å². The van der Waals surface area contributed by atoms with Gasteiger partial charge in [-0.2, -0.15) is 0 Å². The van der Waals surface area contributed by atoms with Gasteiger partial charge in [0.2, 0.25) is 0 Å². The minimum atomic E-state index is -3.81. The first kappa shape index (κ1) is 20.7. The monoisotopic (exact) mass is 432 g/mol. The lowest BCUT2D eigenvalue weighted by atomic mass is 10.2. The van der Waals surface area contributed by atoms with E-state index in [0.717, 1.165) is 5.56 Å². The third-order valence-corrected chi connectivity index (χ3v) is 6.95. The summed E-state index contributed by atoms with van der Waals surface area (Å²) in [7, 11) is -6.12. The van der Waals surface area contributed by atoms with Crippen LogP contribution in [0.5, 0.6) is 5.75 Å². The molecule has 0 saturated heterocycles. The molecular formula is C20H20N2O5S2. The number of para-hydroxylation sites is 1. The highest BCUT2D eigenvalue weighted by Crippen LogP contribution is 2.23. The smallest absolute Gasteiger partial charge is 0.261 e. The lowest BCUT2D eigenvalue weighted by Crippen LogP contribution is -2.15. The van der Waals surface area contributed by atoms with Crippen LogP contribution in [0.2, 0.25) is 0 Å². The number of ether oxygens (including phenoxy) is 1. The van der Waals surface area contributed by atoms with E-state index in [2.05, 4.69) is 9.44 Å². The van der Waals surface area contributed by atoms with Crippen LogP contribution < -0.4 is 14.2 Å². The summed E-state index contributed by atoms with van der Waals surface area (Å²) < 4.78 is 60.1. The van der Waals surface area contributed by atoms with Gasteiger partial charge >= 0.3 is 0 Å². The Morgan fingerprint density at radius 3 is 1.76 bits per heavy atom. The third-order valence-electron chi connectivity index (χ3n) is 4.18. The normalized spacial score (nSPS) is 11.7. The molecule has 7 nitrogen and oxygen atoms in total. The maximum atomic E-state index is 12.6. The molecule has 0 radical (unpaired) electrons. The summed E-state index contributed by atoms with van der Waals surface area (Å²) in [5.41, 5.74) is 1.52. The second-order valence-corrected chi connectivity index (χ2v) is 9.59. The fourth-order valence-electron chi connectivity index (χ4n) is 2.56. The number of methoxy groups -OCH3 is 1. The molecule has 0 saturated carbocycles. The van der Waals surface area contributed by atoms with Crippen molar-refractivity contribution in [1.29, 1.82) is 0 Å². The van der Waals surface area contributed by atoms with Gasteiger partial charge in [-0.05, 0) is 67.1 Å². The fourth-order valence-corrected chi connectivity index (χ4v) is 4.75. The SMILES string of the molecule is COc1ccc(S(=O)(=O)Nc2ccc(S(=O)(=O)Nc3ccccc3C)cc2)cc1. The Labute approximate surface area is 170 Å². The average Bonchev–Trinajstić information content (AvgIpc) is 2.70. The molecule has 0 amide bonds. The molecule has 0 atom stereocenters. The molecule has 0 spiro atoms. The number of rotatable bonds is 7. The third kappa shape index (κ3) is 4.87. The average molecular weight is 433 g/mol. The minimum absolute atomic E-state index is 0.0214. The first-order chi connectivity index (χ1) is 13.7. The van der Waals surface area contributed by atoms with E-state index in [4.69, 9.17) is 4.74 Å². The molecule has 0 fully saturated rings. The molecule has 0 heterocycles. The van der Waals surface area contributed by atoms with Gasteiger partial charge in [-0.25, -0.2) is 16.8 Å². The predicted molar refractivity (Wildman–Crippen MR) is 112 cm³/mol. The zero-order chi connectivity index (χ0) is 21.1. The number of nitrogens with one attached hydrogen (secondary N) is 2. The molecule has 0 aliphatic rings. The van der Waals surface area contributed by atoms with E-state index in [1.165, 1.54) is 43.5 Å². The second-order valence-electron chi connectivity index (χ2n) is 6.23. The van der Waals surface area contributed by atoms with E-state index >= 15 is 0 Å². The van der Waals surface area contributed by atoms with Gasteiger partial charge in [0.1, 0.15) is 5.75 Å². The summed E-state index contributed by atoms with van der Waals surface area (Å²) in [5.74, 6) is 0.541. The lowest BCUT2D eigenvalue weighted by molar-refractivity contribution is 0.414. The van der Waals surface area contributed by atoms with Gasteiger partial charge < -0.3 is 4.74 Å². The minimum Gasteiger partial charge on any atom is -0.497 e. The Bertz CT molecular complexity index is 1200. The van der Waals surface area contributed by atoms with Gasteiger partial charge in [0, 0.05) is 5.69 Å². The van der Waals surface area contributed by atoms with E-state index in [1.807, 2.05) is 6.07 Å². The van der Waals surface area contributed by atoms with E-state index in [0.29, 0.717) is 11.4 Å². The highest BCUT2D eigenvalue weighted by Gasteiger charge is 2.17. The lowest BCUT2D eigenvalue weighted by Gasteiger charge is -2.12. The zero-order valence-corrected chi connectivity index (χ0v) is 17.4. The quantitative estimate of drug-likeness (QED) is 0.594. The maximum absolute atomic E-state index is 12.6. The number of anilines is 2. The number of benzene rings is 3. The molecule has 29 heavy (non-hydrogen) atoms. The second kappa shape index (κ2) is 8.14. The Morgan fingerprint density at radius 1 is 0.690 bits per heavy atom. The van der Waals surface area contributed by atoms with Gasteiger partial charge in [-0.1, -0.05) is 18.2 Å². The molecule has 0 bridgehead atoms. The number of aryl methyl sites for hydroxylation is 1. The molecule has 3 aromatic carbocycles. The largest absolute Gasteiger partial charge is 0.497 e. The topological polar surface area (TPSA) is 102 Å². The summed E-state index contributed by atoms with van der Waals surface area (Å²) in [6, 6.07) is 18.4. The van der Waals surface area contributed by atoms with Crippen molar-refractivity contribution < 1.29 is 21.6 Å². The van der Waals surface area contributed by atoms with E-state index in [9.17, 15) is 16.8 Å².